The first-order chi connectivity index (χ1) is 12.7. The highest BCUT2D eigenvalue weighted by molar-refractivity contribution is 7.93. The van der Waals surface area contributed by atoms with Gasteiger partial charge in [0.1, 0.15) is 17.5 Å². The van der Waals surface area contributed by atoms with E-state index in [1.807, 2.05) is 0 Å². The molecule has 3 fully saturated rings. The highest BCUT2D eigenvalue weighted by Gasteiger charge is 2.54. The average Bonchev–Trinajstić information content (AvgIpc) is 3.43. The molecular weight excluding hydrogens is 366 g/mol. The van der Waals surface area contributed by atoms with E-state index in [-0.39, 0.29) is 12.0 Å². The van der Waals surface area contributed by atoms with Gasteiger partial charge in [0.15, 0.2) is 9.84 Å². The second-order valence-corrected chi connectivity index (χ2v) is 10.2. The maximum absolute atomic E-state index is 12.7. The van der Waals surface area contributed by atoms with Crippen molar-refractivity contribution in [3.63, 3.8) is 0 Å². The number of nitrogens with one attached hydrogen (secondary N) is 1. The summed E-state index contributed by atoms with van der Waals surface area (Å²) in [6.07, 6.45) is 11.0. The van der Waals surface area contributed by atoms with Crippen LogP contribution in [0.2, 0.25) is 0 Å². The summed E-state index contributed by atoms with van der Waals surface area (Å²) in [6.45, 7) is 1.71. The number of rotatable bonds is 7. The molecule has 3 aliphatic carbocycles. The normalized spacial score (nSPS) is 22.4. The molecule has 1 heterocycles. The first-order valence-electron chi connectivity index (χ1n) is 9.46. The van der Waals surface area contributed by atoms with E-state index in [0.29, 0.717) is 22.8 Å². The van der Waals surface area contributed by atoms with Crippen molar-refractivity contribution < 1.29 is 17.9 Å². The van der Waals surface area contributed by atoms with E-state index < -0.39 is 15.9 Å². The van der Waals surface area contributed by atoms with Crippen LogP contribution in [0, 0.1) is 5.41 Å². The van der Waals surface area contributed by atoms with Crippen molar-refractivity contribution in [2.24, 2.45) is 5.41 Å². The zero-order chi connectivity index (χ0) is 19.2. The molecule has 0 saturated heterocycles. The third-order valence-electron chi connectivity index (χ3n) is 5.49. The fraction of sp³-hybridized carbons (Fsp3) is 0.632. The number of ether oxygens (including phenoxy) is 1. The van der Waals surface area contributed by atoms with E-state index in [9.17, 15) is 13.2 Å². The van der Waals surface area contributed by atoms with Gasteiger partial charge in [0.05, 0.1) is 0 Å². The van der Waals surface area contributed by atoms with Crippen LogP contribution >= 0.6 is 0 Å². The zero-order valence-electron chi connectivity index (χ0n) is 15.6. The Morgan fingerprint density at radius 2 is 2.07 bits per heavy atom. The molecule has 0 bridgehead atoms. The molecule has 1 atom stereocenters. The fourth-order valence-electron chi connectivity index (χ4n) is 3.49. The van der Waals surface area contributed by atoms with Crippen LogP contribution in [-0.2, 0) is 9.84 Å². The van der Waals surface area contributed by atoms with E-state index >= 15 is 0 Å². The van der Waals surface area contributed by atoms with E-state index in [1.165, 1.54) is 25.1 Å². The van der Waals surface area contributed by atoms with E-state index in [1.54, 1.807) is 6.92 Å². The molecule has 0 radical (unpaired) electrons. The van der Waals surface area contributed by atoms with Gasteiger partial charge >= 0.3 is 0 Å². The van der Waals surface area contributed by atoms with Crippen molar-refractivity contribution in [1.82, 2.24) is 15.3 Å². The predicted molar refractivity (Wildman–Crippen MR) is 100 cm³/mol. The summed E-state index contributed by atoms with van der Waals surface area (Å²) in [6, 6.07) is -0.443. The third-order valence-corrected chi connectivity index (χ3v) is 6.14. The van der Waals surface area contributed by atoms with E-state index in [2.05, 4.69) is 15.3 Å². The number of aromatic nitrogens is 2. The molecule has 0 unspecified atom stereocenters. The Morgan fingerprint density at radius 3 is 2.67 bits per heavy atom. The Labute approximate surface area is 159 Å². The lowest BCUT2D eigenvalue weighted by molar-refractivity contribution is 0.0452. The van der Waals surface area contributed by atoms with Gasteiger partial charge in [-0.25, -0.2) is 13.4 Å². The fourth-order valence-corrected chi connectivity index (χ4v) is 4.01. The summed E-state index contributed by atoms with van der Waals surface area (Å²) in [5, 5.41) is 3.85. The zero-order valence-corrected chi connectivity index (χ0v) is 16.5. The second kappa shape index (κ2) is 6.58. The minimum Gasteiger partial charge on any atom is -0.474 e. The molecule has 1 amide bonds. The van der Waals surface area contributed by atoms with Gasteiger partial charge in [-0.15, -0.1) is 0 Å². The Morgan fingerprint density at radius 1 is 1.37 bits per heavy atom. The van der Waals surface area contributed by atoms with Crippen molar-refractivity contribution >= 4 is 15.7 Å². The van der Waals surface area contributed by atoms with Crippen LogP contribution in [0.4, 0.5) is 0 Å². The number of nitrogens with zero attached hydrogens (tertiary/aromatic N) is 2. The monoisotopic (exact) mass is 391 g/mol. The van der Waals surface area contributed by atoms with Crippen LogP contribution in [0.1, 0.15) is 67.5 Å². The minimum absolute atomic E-state index is 0.114. The van der Waals surface area contributed by atoms with Gasteiger partial charge < -0.3 is 10.1 Å². The highest BCUT2D eigenvalue weighted by Crippen LogP contribution is 2.61. The number of carbonyl (C=O) groups excluding carboxylic acids is 1. The number of carbonyl (C=O) groups is 1. The van der Waals surface area contributed by atoms with Crippen molar-refractivity contribution in [2.75, 3.05) is 6.26 Å². The molecule has 7 nitrogen and oxygen atoms in total. The van der Waals surface area contributed by atoms with Gasteiger partial charge in [-0.3, -0.25) is 4.79 Å². The van der Waals surface area contributed by atoms with E-state index in [4.69, 9.17) is 4.74 Å². The molecule has 8 heteroatoms. The van der Waals surface area contributed by atoms with Crippen molar-refractivity contribution in [1.29, 1.82) is 0 Å². The van der Waals surface area contributed by atoms with E-state index in [0.717, 1.165) is 43.2 Å². The Kier molecular flexibility index (Phi) is 4.49. The molecule has 0 aliphatic heterocycles. The number of hydrogen-bond acceptors (Lipinski definition) is 6. The molecule has 27 heavy (non-hydrogen) atoms. The maximum atomic E-state index is 12.7. The van der Waals surface area contributed by atoms with Crippen molar-refractivity contribution in [3.05, 3.63) is 29.1 Å². The van der Waals surface area contributed by atoms with Gasteiger partial charge in [0, 0.05) is 29.8 Å². The second-order valence-electron chi connectivity index (χ2n) is 8.29. The lowest BCUT2D eigenvalue weighted by atomic mass is 9.79. The van der Waals surface area contributed by atoms with Crippen LogP contribution in [0.25, 0.3) is 0 Å². The van der Waals surface area contributed by atoms with Gasteiger partial charge in [0.25, 0.3) is 5.91 Å². The van der Waals surface area contributed by atoms with Crippen molar-refractivity contribution in [3.8, 4) is 5.88 Å². The van der Waals surface area contributed by atoms with Crippen molar-refractivity contribution in [2.45, 2.75) is 63.5 Å². The SMILES string of the molecule is C[C@@H](/C=C/S(C)(=O)=O)NC(=O)c1cnc(C2CC2)nc1OC1CC2(CC2)C1. The van der Waals surface area contributed by atoms with Gasteiger partial charge in [-0.1, -0.05) is 6.08 Å². The standard InChI is InChI=1S/C19H25N3O4S/c1-12(5-8-27(2,24)25)21-17(23)15-11-20-16(13-3-4-13)22-18(15)26-14-9-19(10-14)6-7-19/h5,8,11-14H,3-4,6-7,9-10H2,1-2H3,(H,21,23)/b8-5+/t12-/m0/s1. The maximum Gasteiger partial charge on any atom is 0.258 e. The summed E-state index contributed by atoms with van der Waals surface area (Å²) >= 11 is 0. The molecule has 4 rings (SSSR count). The van der Waals surface area contributed by atoms with Crippen LogP contribution in [0.3, 0.4) is 0 Å². The quantitative estimate of drug-likeness (QED) is 0.766. The number of amides is 1. The van der Waals surface area contributed by atoms with Gasteiger partial charge in [-0.2, -0.15) is 4.98 Å². The molecule has 146 valence electrons. The van der Waals surface area contributed by atoms with Gasteiger partial charge in [-0.05, 0) is 50.9 Å². The molecule has 1 spiro atoms. The Hall–Kier alpha value is -1.96. The topological polar surface area (TPSA) is 98.2 Å². The van der Waals surface area contributed by atoms with Gasteiger partial charge in [0.2, 0.25) is 5.88 Å². The number of hydrogen-bond donors (Lipinski definition) is 1. The summed E-state index contributed by atoms with van der Waals surface area (Å²) in [4.78, 5) is 21.5. The molecular formula is C19H25N3O4S. The minimum atomic E-state index is -3.23. The molecule has 1 aromatic heterocycles. The third kappa shape index (κ3) is 4.48. The largest absolute Gasteiger partial charge is 0.474 e. The lowest BCUT2D eigenvalue weighted by Crippen LogP contribution is -2.37. The summed E-state index contributed by atoms with van der Waals surface area (Å²) in [5.74, 6) is 1.10. The lowest BCUT2D eigenvalue weighted by Gasteiger charge is -2.35. The summed E-state index contributed by atoms with van der Waals surface area (Å²) in [7, 11) is -3.23. The van der Waals surface area contributed by atoms with Crippen LogP contribution in [0.5, 0.6) is 5.88 Å². The van der Waals surface area contributed by atoms with Crippen LogP contribution in [0.15, 0.2) is 17.7 Å². The Bertz CT molecular complexity index is 880. The molecule has 0 aromatic carbocycles. The smallest absolute Gasteiger partial charge is 0.258 e. The Balaban J connectivity index is 1.48. The van der Waals surface area contributed by atoms with Crippen LogP contribution < -0.4 is 10.1 Å². The molecule has 1 N–H and O–H groups in total. The number of sulfone groups is 1. The first-order valence-corrected chi connectivity index (χ1v) is 11.4. The molecule has 3 aliphatic rings. The first kappa shape index (κ1) is 18.4. The highest BCUT2D eigenvalue weighted by atomic mass is 32.2. The summed E-state index contributed by atoms with van der Waals surface area (Å²) < 4.78 is 28.5. The summed E-state index contributed by atoms with van der Waals surface area (Å²) in [5.41, 5.74) is 0.806. The van der Waals surface area contributed by atoms with Crippen LogP contribution in [-0.4, -0.2) is 42.7 Å². The average molecular weight is 391 g/mol. The predicted octanol–water partition coefficient (Wildman–Crippen LogP) is 2.35. The molecule has 1 aromatic rings. The molecule has 3 saturated carbocycles.